The fourth-order valence-electron chi connectivity index (χ4n) is 2.67. The Hall–Kier alpha value is -3.59. The van der Waals surface area contributed by atoms with Gasteiger partial charge in [-0.2, -0.15) is 0 Å². The molecule has 0 radical (unpaired) electrons. The average Bonchev–Trinajstić information content (AvgIpc) is 3.02. The lowest BCUT2D eigenvalue weighted by Gasteiger charge is -2.08. The molecule has 1 heterocycles. The Kier molecular flexibility index (Phi) is 5.69. The van der Waals surface area contributed by atoms with Crippen LogP contribution in [0.5, 0.6) is 5.75 Å². The van der Waals surface area contributed by atoms with Crippen molar-refractivity contribution in [2.75, 3.05) is 19.0 Å². The smallest absolute Gasteiger partial charge is 0.375 e. The molecule has 29 heavy (non-hydrogen) atoms. The van der Waals surface area contributed by atoms with Crippen molar-refractivity contribution in [1.29, 1.82) is 0 Å². The number of rotatable bonds is 6. The summed E-state index contributed by atoms with van der Waals surface area (Å²) in [4.78, 5) is 34.9. The van der Waals surface area contributed by atoms with Gasteiger partial charge in [0.25, 0.3) is 11.6 Å². The SMILES string of the molecule is COc1ccc(NC(=O)COC(=O)c2oc3ccc(Cl)cc3c2C)c([N+](=O)[O-])c1. The molecule has 1 aromatic heterocycles. The molecule has 1 N–H and O–H groups in total. The van der Waals surface area contributed by atoms with Gasteiger partial charge in [0.15, 0.2) is 6.61 Å². The van der Waals surface area contributed by atoms with Gasteiger partial charge in [-0.3, -0.25) is 14.9 Å². The van der Waals surface area contributed by atoms with Crippen LogP contribution in [0.25, 0.3) is 11.0 Å². The van der Waals surface area contributed by atoms with Gasteiger partial charge in [0.1, 0.15) is 17.0 Å². The number of hydrogen-bond donors (Lipinski definition) is 1. The van der Waals surface area contributed by atoms with Crippen LogP contribution in [0.2, 0.25) is 5.02 Å². The quantitative estimate of drug-likeness (QED) is 0.363. The third-order valence-corrected chi connectivity index (χ3v) is 4.33. The van der Waals surface area contributed by atoms with Gasteiger partial charge >= 0.3 is 5.97 Å². The second-order valence-electron chi connectivity index (χ2n) is 5.96. The van der Waals surface area contributed by atoms with Crippen molar-refractivity contribution in [3.8, 4) is 5.75 Å². The topological polar surface area (TPSA) is 121 Å². The fourth-order valence-corrected chi connectivity index (χ4v) is 2.84. The molecule has 0 aliphatic carbocycles. The van der Waals surface area contributed by atoms with Crippen molar-refractivity contribution in [2.24, 2.45) is 0 Å². The number of ether oxygens (including phenoxy) is 2. The first-order valence-electron chi connectivity index (χ1n) is 8.28. The van der Waals surface area contributed by atoms with Crippen molar-refractivity contribution in [2.45, 2.75) is 6.92 Å². The van der Waals surface area contributed by atoms with E-state index >= 15 is 0 Å². The number of benzene rings is 2. The van der Waals surface area contributed by atoms with Crippen LogP contribution in [-0.4, -0.2) is 30.5 Å². The molecule has 1 amide bonds. The number of methoxy groups -OCH3 is 1. The normalized spacial score (nSPS) is 10.6. The molecule has 0 aliphatic rings. The van der Waals surface area contributed by atoms with E-state index in [9.17, 15) is 19.7 Å². The number of nitro benzene ring substituents is 1. The van der Waals surface area contributed by atoms with E-state index in [2.05, 4.69) is 5.32 Å². The molecule has 3 rings (SSSR count). The van der Waals surface area contributed by atoms with Crippen molar-refractivity contribution >= 4 is 45.8 Å². The maximum Gasteiger partial charge on any atom is 0.375 e. The van der Waals surface area contributed by atoms with E-state index in [0.29, 0.717) is 21.6 Å². The highest BCUT2D eigenvalue weighted by molar-refractivity contribution is 6.31. The van der Waals surface area contributed by atoms with Gasteiger partial charge in [-0.1, -0.05) is 11.6 Å². The Labute approximate surface area is 169 Å². The third-order valence-electron chi connectivity index (χ3n) is 4.09. The zero-order valence-electron chi connectivity index (χ0n) is 15.4. The minimum atomic E-state index is -0.839. The number of nitro groups is 1. The Morgan fingerprint density at radius 2 is 2.00 bits per heavy atom. The van der Waals surface area contributed by atoms with Gasteiger partial charge in [-0.15, -0.1) is 0 Å². The standard InChI is InChI=1S/C19H15ClN2O7/c1-10-13-7-11(20)3-6-16(13)29-18(10)19(24)28-9-17(23)21-14-5-4-12(27-2)8-15(14)22(25)26/h3-8H,9H2,1-2H3,(H,21,23). The van der Waals surface area contributed by atoms with Crippen molar-refractivity contribution < 1.29 is 28.4 Å². The van der Waals surface area contributed by atoms with E-state index in [4.69, 9.17) is 25.5 Å². The number of furan rings is 1. The Bertz CT molecular complexity index is 1120. The van der Waals surface area contributed by atoms with Gasteiger partial charge in [0.05, 0.1) is 18.1 Å². The van der Waals surface area contributed by atoms with Crippen LogP contribution in [0.3, 0.4) is 0 Å². The summed E-state index contributed by atoms with van der Waals surface area (Å²) >= 11 is 5.95. The Morgan fingerprint density at radius 1 is 1.24 bits per heavy atom. The number of esters is 1. The number of carbonyl (C=O) groups is 2. The van der Waals surface area contributed by atoms with Crippen LogP contribution in [-0.2, 0) is 9.53 Å². The Balaban J connectivity index is 1.69. The zero-order chi connectivity index (χ0) is 21.1. The number of halogens is 1. The first-order valence-corrected chi connectivity index (χ1v) is 8.66. The monoisotopic (exact) mass is 418 g/mol. The third kappa shape index (κ3) is 4.30. The predicted molar refractivity (Wildman–Crippen MR) is 105 cm³/mol. The lowest BCUT2D eigenvalue weighted by atomic mass is 10.1. The molecular weight excluding hydrogens is 404 g/mol. The molecule has 0 saturated carbocycles. The van der Waals surface area contributed by atoms with Crippen LogP contribution in [0.4, 0.5) is 11.4 Å². The van der Waals surface area contributed by atoms with Gasteiger partial charge in [0.2, 0.25) is 5.76 Å². The molecule has 0 spiro atoms. The maximum absolute atomic E-state index is 12.3. The predicted octanol–water partition coefficient (Wildman–Crippen LogP) is 4.11. The molecule has 2 aromatic carbocycles. The maximum atomic E-state index is 12.3. The summed E-state index contributed by atoms with van der Waals surface area (Å²) in [5, 5.41) is 14.6. The van der Waals surface area contributed by atoms with Gasteiger partial charge < -0.3 is 19.2 Å². The molecule has 150 valence electrons. The molecule has 3 aromatic rings. The van der Waals surface area contributed by atoms with E-state index in [1.165, 1.54) is 25.3 Å². The molecule has 0 bridgehead atoms. The molecule has 0 atom stereocenters. The summed E-state index contributed by atoms with van der Waals surface area (Å²) in [5.74, 6) is -1.37. The van der Waals surface area contributed by atoms with Crippen molar-refractivity contribution in [3.63, 3.8) is 0 Å². The molecule has 0 aliphatic heterocycles. The number of hydrogen-bond acceptors (Lipinski definition) is 7. The second-order valence-corrected chi connectivity index (χ2v) is 6.40. The van der Waals surface area contributed by atoms with Crippen LogP contribution >= 0.6 is 11.6 Å². The van der Waals surface area contributed by atoms with E-state index < -0.39 is 23.4 Å². The lowest BCUT2D eigenvalue weighted by molar-refractivity contribution is -0.384. The highest BCUT2D eigenvalue weighted by atomic mass is 35.5. The van der Waals surface area contributed by atoms with Gasteiger partial charge in [0, 0.05) is 16.0 Å². The van der Waals surface area contributed by atoms with E-state index in [1.54, 1.807) is 25.1 Å². The Morgan fingerprint density at radius 3 is 2.69 bits per heavy atom. The minimum absolute atomic E-state index is 0.0496. The summed E-state index contributed by atoms with van der Waals surface area (Å²) in [5.41, 5.74) is 0.580. The molecule has 9 nitrogen and oxygen atoms in total. The molecule has 0 fully saturated rings. The van der Waals surface area contributed by atoms with Crippen molar-refractivity contribution in [3.05, 3.63) is 62.9 Å². The van der Waals surface area contributed by atoms with E-state index in [-0.39, 0.29) is 22.9 Å². The highest BCUT2D eigenvalue weighted by Crippen LogP contribution is 2.30. The molecule has 0 saturated heterocycles. The second kappa shape index (κ2) is 8.19. The van der Waals surface area contributed by atoms with Gasteiger partial charge in [-0.05, 0) is 37.3 Å². The average molecular weight is 419 g/mol. The van der Waals surface area contributed by atoms with Crippen LogP contribution < -0.4 is 10.1 Å². The number of fused-ring (bicyclic) bond motifs is 1. The summed E-state index contributed by atoms with van der Waals surface area (Å²) in [6, 6.07) is 8.85. The largest absolute Gasteiger partial charge is 0.496 e. The number of aryl methyl sites for hydroxylation is 1. The van der Waals surface area contributed by atoms with E-state index in [1.807, 2.05) is 0 Å². The lowest BCUT2D eigenvalue weighted by Crippen LogP contribution is -2.21. The first-order chi connectivity index (χ1) is 13.8. The summed E-state index contributed by atoms with van der Waals surface area (Å²) in [6.07, 6.45) is 0. The first kappa shape index (κ1) is 20.2. The van der Waals surface area contributed by atoms with Gasteiger partial charge in [-0.25, -0.2) is 4.79 Å². The summed E-state index contributed by atoms with van der Waals surface area (Å²) in [7, 11) is 1.37. The zero-order valence-corrected chi connectivity index (χ0v) is 16.1. The number of amides is 1. The van der Waals surface area contributed by atoms with E-state index in [0.717, 1.165) is 0 Å². The van der Waals surface area contributed by atoms with Crippen LogP contribution in [0.15, 0.2) is 40.8 Å². The van der Waals surface area contributed by atoms with Crippen molar-refractivity contribution in [1.82, 2.24) is 0 Å². The fraction of sp³-hybridized carbons (Fsp3) is 0.158. The highest BCUT2D eigenvalue weighted by Gasteiger charge is 2.22. The molecular formula is C19H15ClN2O7. The number of carbonyl (C=O) groups excluding carboxylic acids is 2. The van der Waals surface area contributed by atoms with Crippen LogP contribution in [0, 0.1) is 17.0 Å². The number of anilines is 1. The molecule has 0 unspecified atom stereocenters. The number of nitrogens with one attached hydrogen (secondary N) is 1. The summed E-state index contributed by atoms with van der Waals surface area (Å²) in [6.45, 7) is 1.01. The van der Waals surface area contributed by atoms with Crippen LogP contribution in [0.1, 0.15) is 16.1 Å². The molecule has 10 heteroatoms. The minimum Gasteiger partial charge on any atom is -0.496 e. The summed E-state index contributed by atoms with van der Waals surface area (Å²) < 4.78 is 15.4. The number of nitrogens with zero attached hydrogens (tertiary/aromatic N) is 1.